The molecule has 0 saturated heterocycles. The van der Waals surface area contributed by atoms with E-state index < -0.39 is 30.1 Å². The average molecular weight is 252 g/mol. The molecule has 0 fully saturated rings. The normalized spacial score (nSPS) is 12.9. The molecule has 0 bridgehead atoms. The molecule has 0 aliphatic heterocycles. The average Bonchev–Trinajstić information content (AvgIpc) is 2.24. The van der Waals surface area contributed by atoms with E-state index in [9.17, 15) is 14.4 Å². The fourth-order valence-corrected chi connectivity index (χ4v) is 0.598. The molecule has 2 atom stereocenters. The van der Waals surface area contributed by atoms with Crippen molar-refractivity contribution >= 4 is 17.9 Å². The van der Waals surface area contributed by atoms with Gasteiger partial charge in [0.2, 0.25) is 0 Å². The van der Waals surface area contributed by atoms with E-state index in [2.05, 4.69) is 0 Å². The topological polar surface area (TPSA) is 152 Å². The third-order valence-electron chi connectivity index (χ3n) is 1.55. The Labute approximate surface area is 97.1 Å². The van der Waals surface area contributed by atoms with Gasteiger partial charge in [-0.15, -0.1) is 0 Å². The molecule has 0 rings (SSSR count). The third kappa shape index (κ3) is 10.6. The lowest BCUT2D eigenvalue weighted by molar-refractivity contribution is -0.165. The van der Waals surface area contributed by atoms with E-state index in [0.29, 0.717) is 6.42 Å². The Morgan fingerprint density at radius 2 is 1.29 bits per heavy atom. The van der Waals surface area contributed by atoms with E-state index in [-0.39, 0.29) is 0 Å². The van der Waals surface area contributed by atoms with Gasteiger partial charge in [-0.05, 0) is 6.42 Å². The van der Waals surface area contributed by atoms with Crippen LogP contribution in [0.15, 0.2) is 0 Å². The van der Waals surface area contributed by atoms with Crippen molar-refractivity contribution in [3.8, 4) is 0 Å². The van der Waals surface area contributed by atoms with Crippen molar-refractivity contribution in [2.75, 3.05) is 0 Å². The van der Waals surface area contributed by atoms with Gasteiger partial charge in [-0.3, -0.25) is 4.79 Å². The molecule has 0 aromatic heterocycles. The third-order valence-corrected chi connectivity index (χ3v) is 1.55. The quantitative estimate of drug-likeness (QED) is 0.409. The summed E-state index contributed by atoms with van der Waals surface area (Å²) in [6, 6.07) is 0. The van der Waals surface area contributed by atoms with Crippen molar-refractivity contribution < 1.29 is 39.9 Å². The maximum Gasteiger partial charge on any atom is 0.335 e. The maximum atomic E-state index is 9.77. The number of aliphatic hydroxyl groups is 2. The number of aliphatic carboxylic acids is 3. The van der Waals surface area contributed by atoms with Gasteiger partial charge in [-0.1, -0.05) is 13.3 Å². The second kappa shape index (κ2) is 9.55. The summed E-state index contributed by atoms with van der Waals surface area (Å²) in [6.45, 7) is 1.98. The molecule has 5 N–H and O–H groups in total. The number of hydrogen-bond acceptors (Lipinski definition) is 5. The van der Waals surface area contributed by atoms with Crippen LogP contribution in [0, 0.1) is 0 Å². The van der Waals surface area contributed by atoms with Crippen molar-refractivity contribution in [1.82, 2.24) is 0 Å². The highest BCUT2D eigenvalue weighted by Gasteiger charge is 2.29. The van der Waals surface area contributed by atoms with Gasteiger partial charge in [0.25, 0.3) is 0 Å². The maximum absolute atomic E-state index is 9.77. The molecule has 2 unspecified atom stereocenters. The van der Waals surface area contributed by atoms with E-state index >= 15 is 0 Å². The van der Waals surface area contributed by atoms with Crippen LogP contribution in [0.2, 0.25) is 0 Å². The number of hydrogen-bond donors (Lipinski definition) is 5. The van der Waals surface area contributed by atoms with Crippen molar-refractivity contribution in [1.29, 1.82) is 0 Å². The lowest BCUT2D eigenvalue weighted by Gasteiger charge is -2.07. The molecule has 100 valence electrons. The van der Waals surface area contributed by atoms with Crippen LogP contribution in [-0.4, -0.2) is 55.6 Å². The highest BCUT2D eigenvalue weighted by molar-refractivity contribution is 5.83. The summed E-state index contributed by atoms with van der Waals surface area (Å²) in [6.07, 6.45) is -2.45. The Morgan fingerprint density at radius 3 is 1.41 bits per heavy atom. The Morgan fingerprint density at radius 1 is 0.941 bits per heavy atom. The largest absolute Gasteiger partial charge is 0.481 e. The van der Waals surface area contributed by atoms with Crippen molar-refractivity contribution in [3.63, 3.8) is 0 Å². The zero-order valence-electron chi connectivity index (χ0n) is 9.24. The Bertz CT molecular complexity index is 244. The smallest absolute Gasteiger partial charge is 0.335 e. The Balaban J connectivity index is 0. The molecule has 17 heavy (non-hydrogen) atoms. The fourth-order valence-electron chi connectivity index (χ4n) is 0.598. The highest BCUT2D eigenvalue weighted by Crippen LogP contribution is 1.92. The predicted molar refractivity (Wildman–Crippen MR) is 54.4 cm³/mol. The molecular formula is C9H16O8. The van der Waals surface area contributed by atoms with Crippen LogP contribution in [0.1, 0.15) is 26.2 Å². The van der Waals surface area contributed by atoms with E-state index in [4.69, 9.17) is 25.5 Å². The van der Waals surface area contributed by atoms with Gasteiger partial charge in [0.05, 0.1) is 0 Å². The van der Waals surface area contributed by atoms with Gasteiger partial charge in [0, 0.05) is 6.42 Å². The molecule has 0 heterocycles. The predicted octanol–water partition coefficient (Wildman–Crippen LogP) is -0.861. The minimum absolute atomic E-state index is 0.316. The standard InChI is InChI=1S/C5H10O2.C4H6O6/c1-2-3-4-5(6)7;5-1(3(7)8)2(6)4(9)10/h2-4H2,1H3,(H,6,7);1-2,5-6H,(H,7,8)(H,9,10). The first-order valence-corrected chi connectivity index (χ1v) is 4.77. The van der Waals surface area contributed by atoms with Crippen LogP contribution in [0.25, 0.3) is 0 Å². The van der Waals surface area contributed by atoms with Gasteiger partial charge in [-0.25, -0.2) is 9.59 Å². The zero-order valence-corrected chi connectivity index (χ0v) is 9.24. The Hall–Kier alpha value is -1.67. The van der Waals surface area contributed by atoms with Crippen LogP contribution >= 0.6 is 0 Å². The molecule has 0 spiro atoms. The summed E-state index contributed by atoms with van der Waals surface area (Å²) >= 11 is 0. The van der Waals surface area contributed by atoms with Crippen LogP contribution < -0.4 is 0 Å². The second-order valence-corrected chi connectivity index (χ2v) is 3.06. The van der Waals surface area contributed by atoms with Crippen LogP contribution in [0.4, 0.5) is 0 Å². The van der Waals surface area contributed by atoms with Crippen LogP contribution in [0.5, 0.6) is 0 Å². The van der Waals surface area contributed by atoms with Crippen LogP contribution in [0.3, 0.4) is 0 Å². The van der Waals surface area contributed by atoms with Gasteiger partial charge in [0.15, 0.2) is 12.2 Å². The van der Waals surface area contributed by atoms with Gasteiger partial charge < -0.3 is 25.5 Å². The van der Waals surface area contributed by atoms with Gasteiger partial charge in [0.1, 0.15) is 0 Å². The number of unbranched alkanes of at least 4 members (excludes halogenated alkanes) is 1. The second-order valence-electron chi connectivity index (χ2n) is 3.06. The minimum atomic E-state index is -2.27. The van der Waals surface area contributed by atoms with E-state index in [1.165, 1.54) is 0 Å². The van der Waals surface area contributed by atoms with E-state index in [1.54, 1.807) is 0 Å². The van der Waals surface area contributed by atoms with Gasteiger partial charge in [-0.2, -0.15) is 0 Å². The summed E-state index contributed by atoms with van der Waals surface area (Å²) in [4.78, 5) is 29.3. The number of rotatable bonds is 6. The summed E-state index contributed by atoms with van der Waals surface area (Å²) < 4.78 is 0. The summed E-state index contributed by atoms with van der Waals surface area (Å²) in [7, 11) is 0. The SMILES string of the molecule is CCCCC(=O)O.O=C(O)C(O)C(O)C(=O)O. The van der Waals surface area contributed by atoms with Gasteiger partial charge >= 0.3 is 17.9 Å². The number of carboxylic acid groups (broad SMARTS) is 3. The number of carboxylic acids is 3. The molecule has 0 aromatic rings. The Kier molecular flexibility index (Phi) is 9.95. The lowest BCUT2D eigenvalue weighted by Crippen LogP contribution is -2.39. The zero-order chi connectivity index (χ0) is 14.0. The number of carbonyl (C=O) groups is 3. The molecule has 0 aliphatic rings. The van der Waals surface area contributed by atoms with Crippen molar-refractivity contribution in [2.45, 2.75) is 38.4 Å². The molecule has 0 saturated carbocycles. The van der Waals surface area contributed by atoms with Crippen molar-refractivity contribution in [3.05, 3.63) is 0 Å². The summed E-state index contributed by atoms with van der Waals surface area (Å²) in [5.74, 6) is -4.23. The summed E-state index contributed by atoms with van der Waals surface area (Å²) in [5, 5.41) is 40.6. The monoisotopic (exact) mass is 252 g/mol. The first-order valence-electron chi connectivity index (χ1n) is 4.77. The summed E-state index contributed by atoms with van der Waals surface area (Å²) in [5.41, 5.74) is 0. The fraction of sp³-hybridized carbons (Fsp3) is 0.667. The molecule has 0 aromatic carbocycles. The molecule has 8 nitrogen and oxygen atoms in total. The molecule has 0 amide bonds. The molecule has 8 heteroatoms. The molecule has 0 aliphatic carbocycles. The van der Waals surface area contributed by atoms with Crippen LogP contribution in [-0.2, 0) is 14.4 Å². The van der Waals surface area contributed by atoms with E-state index in [0.717, 1.165) is 12.8 Å². The first kappa shape index (κ1) is 17.7. The highest BCUT2D eigenvalue weighted by atomic mass is 16.4. The minimum Gasteiger partial charge on any atom is -0.481 e. The first-order chi connectivity index (χ1) is 7.73. The lowest BCUT2D eigenvalue weighted by atomic mass is 10.2. The molecule has 0 radical (unpaired) electrons. The van der Waals surface area contributed by atoms with E-state index in [1.807, 2.05) is 6.92 Å². The molecular weight excluding hydrogens is 236 g/mol. The number of aliphatic hydroxyl groups excluding tert-OH is 2. The van der Waals surface area contributed by atoms with Crippen molar-refractivity contribution in [2.24, 2.45) is 0 Å².